The van der Waals surface area contributed by atoms with Crippen molar-refractivity contribution in [2.24, 2.45) is 0 Å². The maximum absolute atomic E-state index is 4.71. The molecular weight excluding hydrogens is 336 g/mol. The van der Waals surface area contributed by atoms with Gasteiger partial charge in [-0.3, -0.25) is 4.98 Å². The van der Waals surface area contributed by atoms with E-state index >= 15 is 0 Å². The molecule has 0 fully saturated rings. The summed E-state index contributed by atoms with van der Waals surface area (Å²) < 4.78 is 5.01. The minimum atomic E-state index is 1.06. The lowest BCUT2D eigenvalue weighted by Crippen LogP contribution is -1.93. The normalized spacial score (nSPS) is 11.8. The molecule has 0 radical (unpaired) electrons. The van der Waals surface area contributed by atoms with E-state index in [-0.39, 0.29) is 0 Å². The van der Waals surface area contributed by atoms with Gasteiger partial charge in [0.2, 0.25) is 0 Å². The summed E-state index contributed by atoms with van der Waals surface area (Å²) in [5, 5.41) is 3.85. The van der Waals surface area contributed by atoms with Gasteiger partial charge in [0.25, 0.3) is 0 Å². The van der Waals surface area contributed by atoms with Crippen LogP contribution in [0.4, 0.5) is 0 Å². The van der Waals surface area contributed by atoms with Gasteiger partial charge in [0, 0.05) is 37.4 Å². The molecule has 6 aromatic rings. The minimum Gasteiger partial charge on any atom is -0.307 e. The zero-order chi connectivity index (χ0) is 17.1. The van der Waals surface area contributed by atoms with E-state index in [0.29, 0.717) is 0 Å². The summed E-state index contributed by atoms with van der Waals surface area (Å²) in [6, 6.07) is 27.9. The highest BCUT2D eigenvalue weighted by molar-refractivity contribution is 7.26. The van der Waals surface area contributed by atoms with Gasteiger partial charge >= 0.3 is 0 Å². The number of aromatic nitrogens is 2. The number of hydrogen-bond acceptors (Lipinski definition) is 2. The van der Waals surface area contributed by atoms with Crippen molar-refractivity contribution in [3.63, 3.8) is 0 Å². The maximum Gasteiger partial charge on any atom is 0.0963 e. The van der Waals surface area contributed by atoms with Crippen LogP contribution in [0.1, 0.15) is 0 Å². The molecule has 0 bridgehead atoms. The molecule has 0 aliphatic rings. The van der Waals surface area contributed by atoms with Gasteiger partial charge in [-0.25, -0.2) is 0 Å². The van der Waals surface area contributed by atoms with Crippen molar-refractivity contribution in [1.82, 2.24) is 9.55 Å². The van der Waals surface area contributed by atoms with Crippen LogP contribution in [0.15, 0.2) is 85.1 Å². The molecule has 122 valence electrons. The Labute approximate surface area is 153 Å². The quantitative estimate of drug-likeness (QED) is 0.329. The van der Waals surface area contributed by atoms with Gasteiger partial charge in [0.15, 0.2) is 0 Å². The third-order valence-electron chi connectivity index (χ3n) is 5.04. The first kappa shape index (κ1) is 14.0. The van der Waals surface area contributed by atoms with Crippen molar-refractivity contribution in [2.75, 3.05) is 0 Å². The topological polar surface area (TPSA) is 17.8 Å². The minimum absolute atomic E-state index is 1.06. The Kier molecular flexibility index (Phi) is 2.79. The van der Waals surface area contributed by atoms with E-state index in [1.165, 1.54) is 36.8 Å². The first-order valence-electron chi connectivity index (χ1n) is 8.66. The Hall–Kier alpha value is -3.17. The monoisotopic (exact) mass is 350 g/mol. The summed E-state index contributed by atoms with van der Waals surface area (Å²) in [6.45, 7) is 0. The third kappa shape index (κ3) is 1.78. The highest BCUT2D eigenvalue weighted by Crippen LogP contribution is 2.42. The lowest BCUT2D eigenvalue weighted by atomic mass is 10.1. The first-order valence-corrected chi connectivity index (χ1v) is 9.48. The fourth-order valence-electron chi connectivity index (χ4n) is 3.97. The fourth-order valence-corrected chi connectivity index (χ4v) is 5.08. The largest absolute Gasteiger partial charge is 0.307 e. The van der Waals surface area contributed by atoms with Gasteiger partial charge in [-0.1, -0.05) is 36.4 Å². The second-order valence-electron chi connectivity index (χ2n) is 6.48. The number of benzene rings is 3. The average Bonchev–Trinajstić information content (AvgIpc) is 3.24. The Morgan fingerprint density at radius 1 is 0.692 bits per heavy atom. The summed E-state index contributed by atoms with van der Waals surface area (Å²) in [5.74, 6) is 0. The molecule has 0 atom stereocenters. The molecule has 0 N–H and O–H groups in total. The number of para-hydroxylation sites is 1. The predicted octanol–water partition coefficient (Wildman–Crippen LogP) is 6.55. The van der Waals surface area contributed by atoms with Crippen LogP contribution < -0.4 is 0 Å². The summed E-state index contributed by atoms with van der Waals surface area (Å²) in [6.07, 6.45) is 1.88. The number of hydrogen-bond donors (Lipinski definition) is 0. The van der Waals surface area contributed by atoms with Crippen molar-refractivity contribution < 1.29 is 0 Å². The standard InChI is InChI=1S/C23H14N2S/c1-2-7-15(8-3-1)25-18-10-6-14-24-22(18)17-12-13-20-21(23(17)25)16-9-4-5-11-19(16)26-20/h1-14H. The molecule has 0 saturated carbocycles. The van der Waals surface area contributed by atoms with Crippen molar-refractivity contribution in [2.45, 2.75) is 0 Å². The molecule has 3 aromatic heterocycles. The second-order valence-corrected chi connectivity index (χ2v) is 7.56. The molecule has 6 rings (SSSR count). The van der Waals surface area contributed by atoms with Crippen molar-refractivity contribution in [3.05, 3.63) is 85.1 Å². The summed E-state index contributed by atoms with van der Waals surface area (Å²) in [5.41, 5.74) is 4.63. The van der Waals surface area contributed by atoms with Crippen LogP contribution in [0.25, 0.3) is 47.8 Å². The van der Waals surface area contributed by atoms with Crippen LogP contribution in [0.5, 0.6) is 0 Å². The summed E-state index contributed by atoms with van der Waals surface area (Å²) in [4.78, 5) is 4.71. The SMILES string of the molecule is c1ccc(-n2c3cccnc3c3ccc4sc5ccccc5c4c32)cc1. The highest BCUT2D eigenvalue weighted by Gasteiger charge is 2.18. The number of pyridine rings is 1. The van der Waals surface area contributed by atoms with Crippen LogP contribution in [-0.4, -0.2) is 9.55 Å². The number of thiophene rings is 1. The Morgan fingerprint density at radius 2 is 1.54 bits per heavy atom. The third-order valence-corrected chi connectivity index (χ3v) is 6.17. The van der Waals surface area contributed by atoms with Gasteiger partial charge < -0.3 is 4.57 Å². The molecule has 3 aromatic carbocycles. The van der Waals surface area contributed by atoms with Crippen LogP contribution in [0, 0.1) is 0 Å². The fraction of sp³-hybridized carbons (Fsp3) is 0. The molecule has 26 heavy (non-hydrogen) atoms. The smallest absolute Gasteiger partial charge is 0.0963 e. The van der Waals surface area contributed by atoms with Crippen LogP contribution >= 0.6 is 11.3 Å². The lowest BCUT2D eigenvalue weighted by molar-refractivity contribution is 1.18. The van der Waals surface area contributed by atoms with E-state index in [1.807, 2.05) is 23.6 Å². The van der Waals surface area contributed by atoms with Gasteiger partial charge in [0.1, 0.15) is 0 Å². The summed E-state index contributed by atoms with van der Waals surface area (Å²) in [7, 11) is 0. The molecule has 0 unspecified atom stereocenters. The molecule has 3 heterocycles. The highest BCUT2D eigenvalue weighted by atomic mass is 32.1. The second kappa shape index (κ2) is 5.16. The van der Waals surface area contributed by atoms with Crippen molar-refractivity contribution in [3.8, 4) is 5.69 Å². The van der Waals surface area contributed by atoms with Crippen molar-refractivity contribution in [1.29, 1.82) is 0 Å². The lowest BCUT2D eigenvalue weighted by Gasteiger charge is -2.08. The average molecular weight is 350 g/mol. The number of fused-ring (bicyclic) bond motifs is 7. The number of nitrogens with zero attached hydrogens (tertiary/aromatic N) is 2. The van der Waals surface area contributed by atoms with E-state index in [2.05, 4.69) is 77.4 Å². The van der Waals surface area contributed by atoms with Gasteiger partial charge in [-0.2, -0.15) is 0 Å². The molecule has 0 aliphatic carbocycles. The van der Waals surface area contributed by atoms with Gasteiger partial charge in [-0.15, -0.1) is 11.3 Å². The van der Waals surface area contributed by atoms with Crippen LogP contribution in [-0.2, 0) is 0 Å². The molecule has 2 nitrogen and oxygen atoms in total. The van der Waals surface area contributed by atoms with E-state index in [0.717, 1.165) is 11.0 Å². The van der Waals surface area contributed by atoms with Crippen molar-refractivity contribution >= 4 is 53.4 Å². The maximum atomic E-state index is 4.71. The molecular formula is C23H14N2S. The summed E-state index contributed by atoms with van der Waals surface area (Å²) >= 11 is 1.86. The molecule has 3 heteroatoms. The first-order chi connectivity index (χ1) is 12.9. The predicted molar refractivity (Wildman–Crippen MR) is 111 cm³/mol. The Morgan fingerprint density at radius 3 is 2.46 bits per heavy atom. The zero-order valence-electron chi connectivity index (χ0n) is 13.9. The van der Waals surface area contributed by atoms with E-state index in [1.54, 1.807) is 0 Å². The zero-order valence-corrected chi connectivity index (χ0v) is 14.7. The van der Waals surface area contributed by atoms with E-state index < -0.39 is 0 Å². The Balaban J connectivity index is 1.96. The van der Waals surface area contributed by atoms with E-state index in [9.17, 15) is 0 Å². The van der Waals surface area contributed by atoms with E-state index in [4.69, 9.17) is 4.98 Å². The molecule has 0 saturated heterocycles. The molecule has 0 aliphatic heterocycles. The number of rotatable bonds is 1. The molecule has 0 amide bonds. The Bertz CT molecular complexity index is 1420. The van der Waals surface area contributed by atoms with Crippen LogP contribution in [0.2, 0.25) is 0 Å². The van der Waals surface area contributed by atoms with Gasteiger partial charge in [0.05, 0.1) is 16.6 Å². The van der Waals surface area contributed by atoms with Gasteiger partial charge in [-0.05, 0) is 42.5 Å². The molecule has 0 spiro atoms. The van der Waals surface area contributed by atoms with Crippen LogP contribution in [0.3, 0.4) is 0 Å².